The highest BCUT2D eigenvalue weighted by Crippen LogP contribution is 2.33. The average Bonchev–Trinajstić information content (AvgIpc) is 3.59. The lowest BCUT2D eigenvalue weighted by atomic mass is 10.1. The van der Waals surface area contributed by atoms with E-state index in [1.807, 2.05) is 6.33 Å². The van der Waals surface area contributed by atoms with Crippen LogP contribution in [-0.4, -0.2) is 32.6 Å². The quantitative estimate of drug-likeness (QED) is 0.311. The first kappa shape index (κ1) is 20.9. The van der Waals surface area contributed by atoms with E-state index in [2.05, 4.69) is 62.0 Å². The fourth-order valence-corrected chi connectivity index (χ4v) is 5.02. The summed E-state index contributed by atoms with van der Waals surface area (Å²) in [7, 11) is 0. The molecule has 0 radical (unpaired) electrons. The molecule has 3 heterocycles. The second-order valence-corrected chi connectivity index (χ2v) is 9.20. The van der Waals surface area contributed by atoms with Crippen molar-refractivity contribution in [1.82, 2.24) is 19.5 Å². The topological polar surface area (TPSA) is 93.7 Å². The summed E-state index contributed by atoms with van der Waals surface area (Å²) in [6.07, 6.45) is 7.71. The largest absolute Gasteiger partial charge is 0.364 e. The number of aromatic nitrogens is 4. The second kappa shape index (κ2) is 9.67. The first-order valence-corrected chi connectivity index (χ1v) is 12.2. The minimum absolute atomic E-state index is 0.476. The van der Waals surface area contributed by atoms with Gasteiger partial charge < -0.3 is 20.9 Å². The lowest BCUT2D eigenvalue weighted by Crippen LogP contribution is -2.13. The van der Waals surface area contributed by atoms with Crippen LogP contribution in [0.25, 0.3) is 21.6 Å². The normalized spacial score (nSPS) is 14.3. The van der Waals surface area contributed by atoms with Crippen LogP contribution in [0.5, 0.6) is 0 Å². The maximum absolute atomic E-state index is 5.65. The highest BCUT2D eigenvalue weighted by atomic mass is 32.1. The number of anilines is 2. The Kier molecular flexibility index (Phi) is 6.31. The number of nitrogens with zero attached hydrogens (tertiary/aromatic N) is 4. The summed E-state index contributed by atoms with van der Waals surface area (Å²) >= 11 is 1.76. The highest BCUT2D eigenvalue weighted by Gasteiger charge is 2.21. The van der Waals surface area contributed by atoms with Crippen LogP contribution in [-0.2, 0) is 6.54 Å². The van der Waals surface area contributed by atoms with E-state index in [-0.39, 0.29) is 0 Å². The molecule has 0 aliphatic heterocycles. The van der Waals surface area contributed by atoms with Crippen LogP contribution >= 0.6 is 11.3 Å². The van der Waals surface area contributed by atoms with Crippen LogP contribution in [0, 0.1) is 0 Å². The van der Waals surface area contributed by atoms with Gasteiger partial charge in [0, 0.05) is 24.0 Å². The Morgan fingerprint density at radius 3 is 2.66 bits per heavy atom. The summed E-state index contributed by atoms with van der Waals surface area (Å²) in [6.45, 7) is 2.07. The molecule has 1 saturated carbocycles. The van der Waals surface area contributed by atoms with Crippen molar-refractivity contribution < 1.29 is 0 Å². The summed E-state index contributed by atoms with van der Waals surface area (Å²) in [5, 5.41) is 8.93. The van der Waals surface area contributed by atoms with Crippen molar-refractivity contribution in [2.75, 3.05) is 23.7 Å². The molecule has 4 aromatic rings. The molecule has 0 saturated heterocycles. The molecule has 0 unspecified atom stereocenters. The van der Waals surface area contributed by atoms with E-state index in [4.69, 9.17) is 15.7 Å². The van der Waals surface area contributed by atoms with Gasteiger partial charge in [-0.2, -0.15) is 9.97 Å². The van der Waals surface area contributed by atoms with Gasteiger partial charge in [0.1, 0.15) is 0 Å². The zero-order valence-corrected chi connectivity index (χ0v) is 18.9. The van der Waals surface area contributed by atoms with E-state index < -0.39 is 0 Å². The zero-order chi connectivity index (χ0) is 21.8. The van der Waals surface area contributed by atoms with Crippen LogP contribution in [0.4, 0.5) is 11.8 Å². The van der Waals surface area contributed by atoms with Gasteiger partial charge in [0.2, 0.25) is 5.95 Å². The number of thiophene rings is 1. The molecule has 7 nitrogen and oxygen atoms in total. The fraction of sp³-hybridized carbons (Fsp3) is 0.375. The van der Waals surface area contributed by atoms with Crippen molar-refractivity contribution in [1.29, 1.82) is 0 Å². The Labute approximate surface area is 192 Å². The van der Waals surface area contributed by atoms with E-state index in [0.29, 0.717) is 25.1 Å². The smallest absolute Gasteiger partial charge is 0.226 e. The van der Waals surface area contributed by atoms with E-state index >= 15 is 0 Å². The Morgan fingerprint density at radius 2 is 1.91 bits per heavy atom. The van der Waals surface area contributed by atoms with Crippen molar-refractivity contribution >= 4 is 34.3 Å². The Bertz CT molecular complexity index is 1150. The van der Waals surface area contributed by atoms with Gasteiger partial charge in [0.05, 0.1) is 6.33 Å². The molecule has 0 spiro atoms. The molecule has 1 aliphatic rings. The van der Waals surface area contributed by atoms with Gasteiger partial charge in [-0.3, -0.25) is 0 Å². The zero-order valence-electron chi connectivity index (χ0n) is 18.1. The molecule has 3 aromatic heterocycles. The lowest BCUT2D eigenvalue weighted by molar-refractivity contribution is 0.529. The van der Waals surface area contributed by atoms with Gasteiger partial charge in [-0.05, 0) is 48.4 Å². The number of nitrogens with two attached hydrogens (primary N) is 1. The second-order valence-electron chi connectivity index (χ2n) is 8.25. The molecule has 166 valence electrons. The van der Waals surface area contributed by atoms with Crippen LogP contribution in [0.3, 0.4) is 0 Å². The van der Waals surface area contributed by atoms with E-state index in [1.165, 1.54) is 41.7 Å². The Hall–Kier alpha value is -2.97. The molecule has 5 rings (SSSR count). The number of benzene rings is 1. The van der Waals surface area contributed by atoms with Gasteiger partial charge in [-0.25, -0.2) is 4.98 Å². The molecule has 0 atom stereocenters. The number of nitrogens with one attached hydrogen (secondary N) is 2. The van der Waals surface area contributed by atoms with Gasteiger partial charge in [-0.15, -0.1) is 11.3 Å². The summed E-state index contributed by atoms with van der Waals surface area (Å²) < 4.78 is 2.24. The minimum Gasteiger partial charge on any atom is -0.364 e. The molecule has 1 fully saturated rings. The van der Waals surface area contributed by atoms with E-state index in [0.717, 1.165) is 29.9 Å². The predicted molar refractivity (Wildman–Crippen MR) is 132 cm³/mol. The molecular formula is C24H29N7S. The number of rotatable bonds is 9. The minimum atomic E-state index is 0.476. The molecule has 1 aliphatic carbocycles. The van der Waals surface area contributed by atoms with Crippen molar-refractivity contribution in [3.8, 4) is 10.4 Å². The van der Waals surface area contributed by atoms with Crippen molar-refractivity contribution in [3.05, 3.63) is 53.7 Å². The SMILES string of the molecule is NCCCNc1nc(NCc2ccc(-c3cccs3)cc2)c2ncn(C3CCCC3)c2n1. The molecule has 0 bridgehead atoms. The van der Waals surface area contributed by atoms with Gasteiger partial charge >= 0.3 is 0 Å². The number of imidazole rings is 1. The number of hydrogen-bond acceptors (Lipinski definition) is 7. The molecular weight excluding hydrogens is 418 g/mol. The van der Waals surface area contributed by atoms with Gasteiger partial charge in [0.25, 0.3) is 0 Å². The first-order chi connectivity index (χ1) is 15.8. The molecule has 1 aromatic carbocycles. The van der Waals surface area contributed by atoms with Crippen LogP contribution in [0.2, 0.25) is 0 Å². The molecule has 8 heteroatoms. The lowest BCUT2D eigenvalue weighted by Gasteiger charge is -2.14. The summed E-state index contributed by atoms with van der Waals surface area (Å²) in [4.78, 5) is 15.5. The number of hydrogen-bond donors (Lipinski definition) is 3. The van der Waals surface area contributed by atoms with Crippen molar-refractivity contribution in [3.63, 3.8) is 0 Å². The predicted octanol–water partition coefficient (Wildman–Crippen LogP) is 5.04. The third kappa shape index (κ3) is 4.47. The van der Waals surface area contributed by atoms with Crippen LogP contribution in [0.1, 0.15) is 43.7 Å². The van der Waals surface area contributed by atoms with E-state index in [1.54, 1.807) is 11.3 Å². The maximum atomic E-state index is 5.65. The van der Waals surface area contributed by atoms with Gasteiger partial charge in [0.15, 0.2) is 17.0 Å². The van der Waals surface area contributed by atoms with Crippen molar-refractivity contribution in [2.45, 2.75) is 44.7 Å². The monoisotopic (exact) mass is 447 g/mol. The van der Waals surface area contributed by atoms with Crippen LogP contribution < -0.4 is 16.4 Å². The maximum Gasteiger partial charge on any atom is 0.226 e. The average molecular weight is 448 g/mol. The molecule has 32 heavy (non-hydrogen) atoms. The first-order valence-electron chi connectivity index (χ1n) is 11.4. The Balaban J connectivity index is 1.39. The molecule has 4 N–H and O–H groups in total. The standard InChI is InChI=1S/C24H29N7S/c25-12-4-13-26-24-29-22(21-23(30-24)31(16-28-21)19-5-1-2-6-19)27-15-17-8-10-18(11-9-17)20-7-3-14-32-20/h3,7-11,14,16,19H,1-2,4-6,12-13,15,25H2,(H2,26,27,29,30). The third-order valence-electron chi connectivity index (χ3n) is 6.02. The summed E-state index contributed by atoms with van der Waals surface area (Å²) in [5.41, 5.74) is 9.83. The Morgan fingerprint density at radius 1 is 1.06 bits per heavy atom. The van der Waals surface area contributed by atoms with Crippen molar-refractivity contribution in [2.24, 2.45) is 5.73 Å². The number of fused-ring (bicyclic) bond motifs is 1. The fourth-order valence-electron chi connectivity index (χ4n) is 4.29. The van der Waals surface area contributed by atoms with E-state index in [9.17, 15) is 0 Å². The summed E-state index contributed by atoms with van der Waals surface area (Å²) in [5.74, 6) is 1.39. The summed E-state index contributed by atoms with van der Waals surface area (Å²) in [6, 6.07) is 13.4. The third-order valence-corrected chi connectivity index (χ3v) is 6.94. The van der Waals surface area contributed by atoms with Crippen LogP contribution in [0.15, 0.2) is 48.1 Å². The molecule has 0 amide bonds. The highest BCUT2D eigenvalue weighted by molar-refractivity contribution is 7.13. The van der Waals surface area contributed by atoms with Gasteiger partial charge in [-0.1, -0.05) is 43.2 Å².